The fraction of sp³-hybridized carbons (Fsp3) is 0.778. The van der Waals surface area contributed by atoms with Crippen LogP contribution in [0.3, 0.4) is 0 Å². The van der Waals surface area contributed by atoms with E-state index < -0.39 is 0 Å². The van der Waals surface area contributed by atoms with Crippen molar-refractivity contribution in [2.75, 3.05) is 13.6 Å². The average molecular weight is 186 g/mol. The number of unbranched alkanes of at least 4 members (excludes halogenated alkanes) is 1. The minimum Gasteiger partial charge on any atom is -0.359 e. The maximum absolute atomic E-state index is 11.0. The Morgan fingerprint density at radius 2 is 2.15 bits per heavy atom. The van der Waals surface area contributed by atoms with Gasteiger partial charge in [-0.3, -0.25) is 9.59 Å². The molecule has 0 radical (unpaired) electrons. The molecule has 0 aromatic heterocycles. The molecule has 0 rings (SSSR count). The summed E-state index contributed by atoms with van der Waals surface area (Å²) in [6.07, 6.45) is 3.41. The molecule has 0 fully saturated rings. The first-order valence-corrected chi connectivity index (χ1v) is 4.57. The Balaban J connectivity index is 3.38. The molecule has 0 aromatic carbocycles. The van der Waals surface area contributed by atoms with E-state index in [9.17, 15) is 9.59 Å². The summed E-state index contributed by atoms with van der Waals surface area (Å²) < 4.78 is 0. The predicted octanol–water partition coefficient (Wildman–Crippen LogP) is 0.0797. The number of nitrogens with one attached hydrogen (secondary N) is 2. The van der Waals surface area contributed by atoms with Crippen molar-refractivity contribution in [1.82, 2.24) is 10.6 Å². The number of Topliss-reactive ketones (excluding diaryl/α,β-unsaturated/α-hetero) is 1. The molecule has 0 aliphatic heterocycles. The van der Waals surface area contributed by atoms with E-state index in [1.54, 1.807) is 14.0 Å². The first-order valence-electron chi connectivity index (χ1n) is 4.57. The third-order valence-corrected chi connectivity index (χ3v) is 1.99. The summed E-state index contributed by atoms with van der Waals surface area (Å²) in [6.45, 7) is 2.28. The molecule has 13 heavy (non-hydrogen) atoms. The maximum atomic E-state index is 11.0. The predicted molar refractivity (Wildman–Crippen MR) is 51.4 cm³/mol. The monoisotopic (exact) mass is 186 g/mol. The van der Waals surface area contributed by atoms with Gasteiger partial charge < -0.3 is 10.6 Å². The van der Waals surface area contributed by atoms with Crippen molar-refractivity contribution in [3.8, 4) is 0 Å². The van der Waals surface area contributed by atoms with E-state index in [1.165, 1.54) is 0 Å². The molecular weight excluding hydrogens is 168 g/mol. The third kappa shape index (κ3) is 6.28. The lowest BCUT2D eigenvalue weighted by Crippen LogP contribution is -2.32. The second-order valence-corrected chi connectivity index (χ2v) is 3.02. The fourth-order valence-corrected chi connectivity index (χ4v) is 1.19. The van der Waals surface area contributed by atoms with Crippen LogP contribution in [-0.4, -0.2) is 31.8 Å². The molecule has 4 nitrogen and oxygen atoms in total. The zero-order chi connectivity index (χ0) is 10.1. The highest BCUT2D eigenvalue weighted by molar-refractivity contribution is 5.81. The number of hydrogen-bond donors (Lipinski definition) is 2. The topological polar surface area (TPSA) is 58.2 Å². The summed E-state index contributed by atoms with van der Waals surface area (Å²) in [4.78, 5) is 20.8. The first-order chi connectivity index (χ1) is 6.22. The molecule has 4 heteroatoms. The smallest absolute Gasteiger partial charge is 0.207 e. The van der Waals surface area contributed by atoms with Crippen molar-refractivity contribution in [3.05, 3.63) is 0 Å². The molecule has 0 bridgehead atoms. The minimum absolute atomic E-state index is 0.0313. The van der Waals surface area contributed by atoms with Gasteiger partial charge in [0.1, 0.15) is 5.78 Å². The van der Waals surface area contributed by atoms with Crippen LogP contribution in [-0.2, 0) is 9.59 Å². The number of likely N-dealkylation sites (N-methyl/N-ethyl adjacent to an activating group) is 1. The summed E-state index contributed by atoms with van der Waals surface area (Å²) in [5.74, 6) is 0.172. The number of amides is 1. The summed E-state index contributed by atoms with van der Waals surface area (Å²) in [5, 5.41) is 5.54. The van der Waals surface area contributed by atoms with Crippen molar-refractivity contribution in [3.63, 3.8) is 0 Å². The Morgan fingerprint density at radius 3 is 2.62 bits per heavy atom. The Morgan fingerprint density at radius 1 is 1.46 bits per heavy atom. The Bertz CT molecular complexity index is 160. The molecule has 0 saturated carbocycles. The molecule has 2 N–H and O–H groups in total. The van der Waals surface area contributed by atoms with Crippen LogP contribution >= 0.6 is 0 Å². The summed E-state index contributed by atoms with van der Waals surface area (Å²) in [6, 6.07) is -0.0313. The van der Waals surface area contributed by atoms with Crippen molar-refractivity contribution in [2.24, 2.45) is 0 Å². The van der Waals surface area contributed by atoms with Gasteiger partial charge in [-0.1, -0.05) is 0 Å². The fourth-order valence-electron chi connectivity index (χ4n) is 1.19. The number of carbonyl (C=O) groups is 2. The largest absolute Gasteiger partial charge is 0.359 e. The summed E-state index contributed by atoms with van der Waals surface area (Å²) in [5.41, 5.74) is 0. The van der Waals surface area contributed by atoms with Gasteiger partial charge in [-0.25, -0.2) is 0 Å². The average Bonchev–Trinajstić information content (AvgIpc) is 2.10. The highest BCUT2D eigenvalue weighted by Crippen LogP contribution is 2.00. The lowest BCUT2D eigenvalue weighted by Gasteiger charge is -2.11. The lowest BCUT2D eigenvalue weighted by atomic mass is 10.1. The van der Waals surface area contributed by atoms with Gasteiger partial charge in [0.25, 0.3) is 0 Å². The first kappa shape index (κ1) is 12.1. The van der Waals surface area contributed by atoms with Crippen molar-refractivity contribution in [2.45, 2.75) is 32.2 Å². The zero-order valence-corrected chi connectivity index (χ0v) is 8.30. The molecule has 0 unspecified atom stereocenters. The molecule has 0 aliphatic carbocycles. The Kier molecular flexibility index (Phi) is 7.20. The molecule has 0 heterocycles. The van der Waals surface area contributed by atoms with E-state index in [1.807, 2.05) is 0 Å². The molecule has 1 amide bonds. The van der Waals surface area contributed by atoms with Crippen LogP contribution in [0.15, 0.2) is 0 Å². The van der Waals surface area contributed by atoms with Crippen LogP contribution in [0.5, 0.6) is 0 Å². The molecular formula is C9H18N2O2. The van der Waals surface area contributed by atoms with E-state index in [0.29, 0.717) is 13.0 Å². The summed E-state index contributed by atoms with van der Waals surface area (Å²) >= 11 is 0. The quantitative estimate of drug-likeness (QED) is 0.417. The molecule has 0 aliphatic rings. The number of ketones is 1. The van der Waals surface area contributed by atoms with Gasteiger partial charge in [-0.15, -0.1) is 0 Å². The Labute approximate surface area is 79.1 Å². The number of rotatable bonds is 8. The third-order valence-electron chi connectivity index (χ3n) is 1.99. The van der Waals surface area contributed by atoms with Crippen LogP contribution in [0.2, 0.25) is 0 Å². The van der Waals surface area contributed by atoms with E-state index in [4.69, 9.17) is 0 Å². The molecule has 1 atom stereocenters. The van der Waals surface area contributed by atoms with Crippen LogP contribution in [0.25, 0.3) is 0 Å². The van der Waals surface area contributed by atoms with Crippen LogP contribution < -0.4 is 10.6 Å². The van der Waals surface area contributed by atoms with Gasteiger partial charge in [0.2, 0.25) is 6.41 Å². The Hall–Kier alpha value is -0.900. The van der Waals surface area contributed by atoms with Crippen LogP contribution in [0, 0.1) is 0 Å². The SMILES string of the molecule is CN[C@@H](CCCCNC=O)C(C)=O. The van der Waals surface area contributed by atoms with Gasteiger partial charge in [0.15, 0.2) is 0 Å². The van der Waals surface area contributed by atoms with Gasteiger partial charge >= 0.3 is 0 Å². The van der Waals surface area contributed by atoms with Gasteiger partial charge in [0, 0.05) is 6.54 Å². The van der Waals surface area contributed by atoms with Crippen molar-refractivity contribution >= 4 is 12.2 Å². The van der Waals surface area contributed by atoms with Crippen molar-refractivity contribution < 1.29 is 9.59 Å². The second-order valence-electron chi connectivity index (χ2n) is 3.02. The zero-order valence-electron chi connectivity index (χ0n) is 8.30. The van der Waals surface area contributed by atoms with E-state index in [2.05, 4.69) is 10.6 Å². The van der Waals surface area contributed by atoms with E-state index in [-0.39, 0.29) is 11.8 Å². The van der Waals surface area contributed by atoms with Gasteiger partial charge in [-0.05, 0) is 33.2 Å². The highest BCUT2D eigenvalue weighted by Gasteiger charge is 2.09. The molecule has 0 saturated heterocycles. The maximum Gasteiger partial charge on any atom is 0.207 e. The minimum atomic E-state index is -0.0313. The highest BCUT2D eigenvalue weighted by atomic mass is 16.1. The number of carbonyl (C=O) groups excluding carboxylic acids is 2. The molecule has 0 aromatic rings. The van der Waals surface area contributed by atoms with Crippen LogP contribution in [0.4, 0.5) is 0 Å². The van der Waals surface area contributed by atoms with Crippen LogP contribution in [0.1, 0.15) is 26.2 Å². The molecule has 76 valence electrons. The van der Waals surface area contributed by atoms with Crippen molar-refractivity contribution in [1.29, 1.82) is 0 Å². The van der Waals surface area contributed by atoms with E-state index >= 15 is 0 Å². The van der Waals surface area contributed by atoms with Gasteiger partial charge in [-0.2, -0.15) is 0 Å². The van der Waals surface area contributed by atoms with Gasteiger partial charge in [0.05, 0.1) is 6.04 Å². The lowest BCUT2D eigenvalue weighted by molar-refractivity contribution is -0.119. The normalized spacial score (nSPS) is 12.2. The standard InChI is InChI=1S/C9H18N2O2/c1-8(13)9(10-2)5-3-4-6-11-7-12/h7,9-10H,3-6H2,1-2H3,(H,11,12)/t9-/m0/s1. The second kappa shape index (κ2) is 7.73. The number of hydrogen-bond acceptors (Lipinski definition) is 3. The summed E-state index contributed by atoms with van der Waals surface area (Å²) in [7, 11) is 1.79. The van der Waals surface area contributed by atoms with E-state index in [0.717, 1.165) is 19.3 Å². The molecule has 0 spiro atoms.